The van der Waals surface area contributed by atoms with Crippen LogP contribution in [0.5, 0.6) is 5.88 Å². The number of carbonyl (C=O) groups is 1. The zero-order valence-electron chi connectivity index (χ0n) is 11.6. The highest BCUT2D eigenvalue weighted by atomic mass is 16.5. The lowest BCUT2D eigenvalue weighted by Crippen LogP contribution is -2.17. The monoisotopic (exact) mass is 272 g/mol. The van der Waals surface area contributed by atoms with Crippen molar-refractivity contribution in [1.82, 2.24) is 9.97 Å². The predicted molar refractivity (Wildman–Crippen MR) is 76.9 cm³/mol. The number of aromatic nitrogens is 2. The van der Waals surface area contributed by atoms with Crippen LogP contribution in [0.25, 0.3) is 0 Å². The van der Waals surface area contributed by atoms with E-state index < -0.39 is 0 Å². The first-order valence-electron chi connectivity index (χ1n) is 6.07. The van der Waals surface area contributed by atoms with Gasteiger partial charge in [-0.05, 0) is 25.5 Å². The van der Waals surface area contributed by atoms with E-state index in [4.69, 9.17) is 10.5 Å². The summed E-state index contributed by atoms with van der Waals surface area (Å²) in [7, 11) is 1.51. The molecule has 0 aliphatic rings. The summed E-state index contributed by atoms with van der Waals surface area (Å²) >= 11 is 0. The first-order chi connectivity index (χ1) is 9.51. The summed E-state index contributed by atoms with van der Waals surface area (Å²) in [6, 6.07) is 6.98. The molecule has 0 aliphatic heterocycles. The lowest BCUT2D eigenvalue weighted by molar-refractivity contribution is 0.102. The maximum absolute atomic E-state index is 12.3. The Morgan fingerprint density at radius 1 is 1.30 bits per heavy atom. The molecule has 0 saturated heterocycles. The highest BCUT2D eigenvalue weighted by molar-refractivity contribution is 6.08. The fourth-order valence-electron chi connectivity index (χ4n) is 1.86. The molecule has 1 aromatic heterocycles. The van der Waals surface area contributed by atoms with Crippen molar-refractivity contribution in [3.8, 4) is 5.88 Å². The van der Waals surface area contributed by atoms with Crippen LogP contribution in [0.15, 0.2) is 24.3 Å². The number of hydrogen-bond acceptors (Lipinski definition) is 5. The van der Waals surface area contributed by atoms with Gasteiger partial charge in [0.1, 0.15) is 0 Å². The third-order valence-electron chi connectivity index (χ3n) is 2.80. The molecule has 2 rings (SSSR count). The number of methoxy groups -OCH3 is 1. The second-order valence-electron chi connectivity index (χ2n) is 4.37. The number of benzene rings is 1. The topological polar surface area (TPSA) is 90.1 Å². The number of amides is 1. The Labute approximate surface area is 117 Å². The molecular formula is C14H16N4O2. The molecule has 0 aliphatic carbocycles. The van der Waals surface area contributed by atoms with Gasteiger partial charge >= 0.3 is 0 Å². The molecule has 0 radical (unpaired) electrons. The lowest BCUT2D eigenvalue weighted by Gasteiger charge is -2.10. The summed E-state index contributed by atoms with van der Waals surface area (Å²) in [5.74, 6) is 0.244. The Bertz CT molecular complexity index is 635. The zero-order valence-corrected chi connectivity index (χ0v) is 11.6. The number of nitrogen functional groups attached to an aromatic ring is 1. The number of nitrogens with zero attached hydrogens (tertiary/aromatic N) is 2. The Morgan fingerprint density at radius 3 is 2.70 bits per heavy atom. The molecule has 3 N–H and O–H groups in total. The summed E-state index contributed by atoms with van der Waals surface area (Å²) in [6.07, 6.45) is 0. The first kappa shape index (κ1) is 13.8. The summed E-state index contributed by atoms with van der Waals surface area (Å²) < 4.78 is 5.04. The van der Waals surface area contributed by atoms with Gasteiger partial charge in [-0.3, -0.25) is 10.1 Å². The van der Waals surface area contributed by atoms with E-state index in [2.05, 4.69) is 15.3 Å². The number of ether oxygens (including phenoxy) is 1. The highest BCUT2D eigenvalue weighted by Crippen LogP contribution is 2.18. The fraction of sp³-hybridized carbons (Fsp3) is 0.214. The van der Waals surface area contributed by atoms with Crippen LogP contribution in [0.4, 0.5) is 11.6 Å². The fourth-order valence-corrected chi connectivity index (χ4v) is 1.86. The third-order valence-corrected chi connectivity index (χ3v) is 2.80. The van der Waals surface area contributed by atoms with Crippen molar-refractivity contribution in [3.63, 3.8) is 0 Å². The van der Waals surface area contributed by atoms with Crippen LogP contribution in [-0.2, 0) is 0 Å². The maximum Gasteiger partial charge on any atom is 0.260 e. The van der Waals surface area contributed by atoms with E-state index in [1.54, 1.807) is 25.1 Å². The lowest BCUT2D eigenvalue weighted by atomic mass is 10.1. The first-order valence-corrected chi connectivity index (χ1v) is 6.07. The van der Waals surface area contributed by atoms with E-state index in [0.717, 1.165) is 5.56 Å². The van der Waals surface area contributed by atoms with Crippen LogP contribution in [0.2, 0.25) is 0 Å². The third kappa shape index (κ3) is 2.85. The van der Waals surface area contributed by atoms with Crippen LogP contribution in [-0.4, -0.2) is 23.0 Å². The summed E-state index contributed by atoms with van der Waals surface area (Å²) in [4.78, 5) is 20.5. The van der Waals surface area contributed by atoms with Crippen LogP contribution >= 0.6 is 0 Å². The van der Waals surface area contributed by atoms with E-state index >= 15 is 0 Å². The largest absolute Gasteiger partial charge is 0.481 e. The molecule has 0 spiro atoms. The molecule has 1 aromatic carbocycles. The minimum absolute atomic E-state index is 0.189. The minimum Gasteiger partial charge on any atom is -0.481 e. The standard InChI is InChI=1S/C14H16N4O2/c1-8-5-4-6-10(15)12(8)13(19)18-14-16-9(2)7-11(17-14)20-3/h4-7H,15H2,1-3H3,(H,16,17,18,19). The summed E-state index contributed by atoms with van der Waals surface area (Å²) in [5, 5.41) is 2.63. The van der Waals surface area contributed by atoms with Gasteiger partial charge in [0, 0.05) is 17.4 Å². The average Bonchev–Trinajstić information content (AvgIpc) is 2.37. The predicted octanol–water partition coefficient (Wildman–Crippen LogP) is 1.94. The smallest absolute Gasteiger partial charge is 0.260 e. The number of hydrogen-bond donors (Lipinski definition) is 2. The number of aryl methyl sites for hydroxylation is 2. The van der Waals surface area contributed by atoms with Crippen molar-refractivity contribution in [2.24, 2.45) is 0 Å². The van der Waals surface area contributed by atoms with Gasteiger partial charge in [0.2, 0.25) is 11.8 Å². The number of carbonyl (C=O) groups excluding carboxylic acids is 1. The van der Waals surface area contributed by atoms with E-state index in [1.165, 1.54) is 7.11 Å². The Morgan fingerprint density at radius 2 is 2.05 bits per heavy atom. The number of nitrogens with two attached hydrogens (primary N) is 1. The molecule has 0 fully saturated rings. The van der Waals surface area contributed by atoms with Gasteiger partial charge in [0.15, 0.2) is 0 Å². The molecule has 1 amide bonds. The van der Waals surface area contributed by atoms with Gasteiger partial charge in [-0.15, -0.1) is 0 Å². The van der Waals surface area contributed by atoms with Gasteiger partial charge in [-0.1, -0.05) is 12.1 Å². The molecule has 0 bridgehead atoms. The van der Waals surface area contributed by atoms with Crippen LogP contribution in [0.1, 0.15) is 21.6 Å². The van der Waals surface area contributed by atoms with Crippen molar-refractivity contribution in [2.45, 2.75) is 13.8 Å². The molecule has 0 unspecified atom stereocenters. The minimum atomic E-state index is -0.340. The molecule has 20 heavy (non-hydrogen) atoms. The number of anilines is 2. The van der Waals surface area contributed by atoms with Crippen molar-refractivity contribution in [2.75, 3.05) is 18.2 Å². The number of rotatable bonds is 3. The van der Waals surface area contributed by atoms with Crippen LogP contribution in [0.3, 0.4) is 0 Å². The second-order valence-corrected chi connectivity index (χ2v) is 4.37. The van der Waals surface area contributed by atoms with Gasteiger partial charge in [-0.2, -0.15) is 4.98 Å². The van der Waals surface area contributed by atoms with E-state index in [9.17, 15) is 4.79 Å². The summed E-state index contributed by atoms with van der Waals surface area (Å²) in [5.41, 5.74) is 8.17. The molecule has 2 aromatic rings. The van der Waals surface area contributed by atoms with Crippen LogP contribution < -0.4 is 15.8 Å². The van der Waals surface area contributed by atoms with E-state index in [1.807, 2.05) is 13.0 Å². The van der Waals surface area contributed by atoms with Crippen molar-refractivity contribution < 1.29 is 9.53 Å². The number of nitrogens with one attached hydrogen (secondary N) is 1. The molecule has 0 atom stereocenters. The molecule has 0 saturated carbocycles. The van der Waals surface area contributed by atoms with Crippen molar-refractivity contribution >= 4 is 17.5 Å². The van der Waals surface area contributed by atoms with Gasteiger partial charge in [0.05, 0.1) is 12.7 Å². The molecular weight excluding hydrogens is 256 g/mol. The Balaban J connectivity index is 2.30. The quantitative estimate of drug-likeness (QED) is 0.833. The SMILES string of the molecule is COc1cc(C)nc(NC(=O)c2c(C)cccc2N)n1. The second kappa shape index (κ2) is 5.56. The Kier molecular flexibility index (Phi) is 3.84. The molecule has 1 heterocycles. The molecule has 104 valence electrons. The zero-order chi connectivity index (χ0) is 14.7. The van der Waals surface area contributed by atoms with Crippen LogP contribution in [0, 0.1) is 13.8 Å². The molecule has 6 heteroatoms. The van der Waals surface area contributed by atoms with Gasteiger partial charge < -0.3 is 10.5 Å². The van der Waals surface area contributed by atoms with Crippen molar-refractivity contribution in [1.29, 1.82) is 0 Å². The van der Waals surface area contributed by atoms with E-state index in [0.29, 0.717) is 22.8 Å². The van der Waals surface area contributed by atoms with Gasteiger partial charge in [0.25, 0.3) is 5.91 Å². The van der Waals surface area contributed by atoms with Gasteiger partial charge in [-0.25, -0.2) is 4.98 Å². The summed E-state index contributed by atoms with van der Waals surface area (Å²) in [6.45, 7) is 3.62. The average molecular weight is 272 g/mol. The molecule has 6 nitrogen and oxygen atoms in total. The normalized spacial score (nSPS) is 10.2. The maximum atomic E-state index is 12.3. The highest BCUT2D eigenvalue weighted by Gasteiger charge is 2.14. The van der Waals surface area contributed by atoms with Crippen molar-refractivity contribution in [3.05, 3.63) is 41.1 Å². The van der Waals surface area contributed by atoms with E-state index in [-0.39, 0.29) is 11.9 Å². The Hall–Kier alpha value is -2.63.